The zero-order valence-electron chi connectivity index (χ0n) is 12.2. The SMILES string of the molecule is CC1(C)C2C[C@H]3O[C@@]3(C)[C@H](CBr)O[C@@]2(C)CC[C@@H]1Br. The maximum atomic E-state index is 6.60. The maximum absolute atomic E-state index is 6.60. The van der Waals surface area contributed by atoms with Crippen LogP contribution in [0.1, 0.15) is 47.0 Å². The summed E-state index contributed by atoms with van der Waals surface area (Å²) in [6.07, 6.45) is 4.01. The molecule has 0 N–H and O–H groups in total. The van der Waals surface area contributed by atoms with Gasteiger partial charge in [-0.25, -0.2) is 0 Å². The van der Waals surface area contributed by atoms with Crippen molar-refractivity contribution < 1.29 is 9.47 Å². The Morgan fingerprint density at radius 2 is 1.84 bits per heavy atom. The number of halogens is 2. The van der Waals surface area contributed by atoms with E-state index in [1.165, 1.54) is 6.42 Å². The number of hydrogen-bond acceptors (Lipinski definition) is 2. The van der Waals surface area contributed by atoms with E-state index in [4.69, 9.17) is 9.47 Å². The summed E-state index contributed by atoms with van der Waals surface area (Å²) in [5.41, 5.74) is 0.175. The Kier molecular flexibility index (Phi) is 3.46. The third-order valence-electron chi connectivity index (χ3n) is 5.96. The smallest absolute Gasteiger partial charge is 0.119 e. The molecule has 1 saturated carbocycles. The third kappa shape index (κ3) is 2.08. The summed E-state index contributed by atoms with van der Waals surface area (Å²) in [7, 11) is 0. The molecule has 2 heterocycles. The summed E-state index contributed by atoms with van der Waals surface area (Å²) < 4.78 is 12.6. The first kappa shape index (κ1) is 14.8. The molecule has 19 heavy (non-hydrogen) atoms. The predicted molar refractivity (Wildman–Crippen MR) is 84.2 cm³/mol. The second-order valence-electron chi connectivity index (χ2n) is 7.48. The Hall–Kier alpha value is 0.880. The maximum Gasteiger partial charge on any atom is 0.119 e. The van der Waals surface area contributed by atoms with Crippen molar-refractivity contribution in [3.63, 3.8) is 0 Å². The molecule has 3 aliphatic rings. The summed E-state index contributed by atoms with van der Waals surface area (Å²) in [6, 6.07) is 0. The van der Waals surface area contributed by atoms with Crippen LogP contribution >= 0.6 is 31.9 Å². The van der Waals surface area contributed by atoms with Crippen molar-refractivity contribution >= 4 is 31.9 Å². The van der Waals surface area contributed by atoms with Crippen LogP contribution in [0.2, 0.25) is 0 Å². The summed E-state index contributed by atoms with van der Waals surface area (Å²) in [4.78, 5) is 0.576. The number of alkyl halides is 2. The first-order valence-corrected chi connectivity index (χ1v) is 9.33. The molecule has 6 atom stereocenters. The van der Waals surface area contributed by atoms with Gasteiger partial charge >= 0.3 is 0 Å². The molecule has 1 aliphatic carbocycles. The summed E-state index contributed by atoms with van der Waals surface area (Å²) in [5.74, 6) is 0.550. The minimum atomic E-state index is -0.0677. The van der Waals surface area contributed by atoms with E-state index in [1.807, 2.05) is 0 Å². The van der Waals surface area contributed by atoms with Gasteiger partial charge in [0.05, 0.1) is 17.8 Å². The molecular weight excluding hydrogens is 372 g/mol. The Labute approximate surface area is 133 Å². The lowest BCUT2D eigenvalue weighted by Crippen LogP contribution is -2.54. The van der Waals surface area contributed by atoms with Gasteiger partial charge in [-0.2, -0.15) is 0 Å². The lowest BCUT2D eigenvalue weighted by molar-refractivity contribution is -0.169. The van der Waals surface area contributed by atoms with Crippen molar-refractivity contribution in [1.82, 2.24) is 0 Å². The van der Waals surface area contributed by atoms with Crippen LogP contribution in [0.15, 0.2) is 0 Å². The molecule has 3 fully saturated rings. The van der Waals surface area contributed by atoms with E-state index in [0.717, 1.165) is 18.2 Å². The second-order valence-corrected chi connectivity index (χ2v) is 9.23. The molecule has 2 aliphatic heterocycles. The number of hydrogen-bond donors (Lipinski definition) is 0. The van der Waals surface area contributed by atoms with Crippen LogP contribution in [0.4, 0.5) is 0 Å². The molecule has 2 nitrogen and oxygen atoms in total. The van der Waals surface area contributed by atoms with Crippen molar-refractivity contribution in [3.8, 4) is 0 Å². The van der Waals surface area contributed by atoms with Gasteiger partial charge in [0.15, 0.2) is 0 Å². The van der Waals surface area contributed by atoms with E-state index in [2.05, 4.69) is 59.6 Å². The van der Waals surface area contributed by atoms with Gasteiger partial charge < -0.3 is 9.47 Å². The molecule has 0 aromatic rings. The van der Waals surface area contributed by atoms with Gasteiger partial charge in [-0.15, -0.1) is 0 Å². The van der Waals surface area contributed by atoms with Crippen LogP contribution < -0.4 is 0 Å². The first-order valence-electron chi connectivity index (χ1n) is 7.30. The van der Waals surface area contributed by atoms with E-state index in [9.17, 15) is 0 Å². The minimum Gasteiger partial charge on any atom is -0.368 e. The average molecular weight is 396 g/mol. The zero-order chi connectivity index (χ0) is 14.1. The molecule has 2 saturated heterocycles. The van der Waals surface area contributed by atoms with Crippen LogP contribution in [-0.4, -0.2) is 33.6 Å². The summed E-state index contributed by atoms with van der Waals surface area (Å²) in [6.45, 7) is 9.29. The molecule has 0 aromatic heterocycles. The van der Waals surface area contributed by atoms with Gasteiger partial charge in [-0.3, -0.25) is 0 Å². The summed E-state index contributed by atoms with van der Waals surface area (Å²) in [5, 5.41) is 0.862. The largest absolute Gasteiger partial charge is 0.368 e. The van der Waals surface area contributed by atoms with E-state index in [-0.39, 0.29) is 22.7 Å². The second kappa shape index (κ2) is 4.44. The van der Waals surface area contributed by atoms with Crippen LogP contribution in [0, 0.1) is 11.3 Å². The highest BCUT2D eigenvalue weighted by Gasteiger charge is 2.66. The molecule has 0 spiro atoms. The fourth-order valence-corrected chi connectivity index (χ4v) is 5.66. The van der Waals surface area contributed by atoms with Crippen molar-refractivity contribution in [1.29, 1.82) is 0 Å². The highest BCUT2D eigenvalue weighted by atomic mass is 79.9. The quantitative estimate of drug-likeness (QED) is 0.488. The van der Waals surface area contributed by atoms with Gasteiger partial charge in [-0.05, 0) is 44.4 Å². The highest BCUT2D eigenvalue weighted by Crippen LogP contribution is 2.59. The van der Waals surface area contributed by atoms with Gasteiger partial charge in [0.25, 0.3) is 0 Å². The Balaban J connectivity index is 1.95. The number of fused-ring (bicyclic) bond motifs is 2. The fraction of sp³-hybridized carbons (Fsp3) is 1.00. The van der Waals surface area contributed by atoms with Crippen molar-refractivity contribution in [3.05, 3.63) is 0 Å². The third-order valence-corrected chi connectivity index (χ3v) is 8.18. The predicted octanol–water partition coefficient (Wildman–Crippen LogP) is 4.29. The van der Waals surface area contributed by atoms with Crippen LogP contribution in [0.3, 0.4) is 0 Å². The molecule has 1 unspecified atom stereocenters. The molecule has 0 bridgehead atoms. The molecule has 4 heteroatoms. The highest BCUT2D eigenvalue weighted by molar-refractivity contribution is 9.09. The molecule has 3 rings (SSSR count). The van der Waals surface area contributed by atoms with Crippen LogP contribution in [0.5, 0.6) is 0 Å². The normalized spacial score (nSPS) is 55.9. The Bertz CT molecular complexity index is 386. The molecular formula is C15H24Br2O2. The lowest BCUT2D eigenvalue weighted by atomic mass is 9.60. The van der Waals surface area contributed by atoms with Crippen molar-refractivity contribution in [2.45, 2.75) is 75.2 Å². The summed E-state index contributed by atoms with van der Waals surface area (Å²) >= 11 is 7.51. The van der Waals surface area contributed by atoms with Crippen molar-refractivity contribution in [2.75, 3.05) is 5.33 Å². The average Bonchev–Trinajstić information content (AvgIpc) is 3.00. The van der Waals surface area contributed by atoms with E-state index in [0.29, 0.717) is 16.8 Å². The van der Waals surface area contributed by atoms with Gasteiger partial charge in [-0.1, -0.05) is 45.7 Å². The molecule has 0 aromatic carbocycles. The number of epoxide rings is 1. The van der Waals surface area contributed by atoms with Crippen LogP contribution in [-0.2, 0) is 9.47 Å². The standard InChI is InChI=1S/C15H24Br2O2/c1-13(2)9-7-11-15(4,19-11)12(8-16)18-14(9,3)6-5-10(13)17/h9-12H,5-8H2,1-4H3/t9?,10-,11+,12-,14-,15+/m0/s1. The van der Waals surface area contributed by atoms with E-state index in [1.54, 1.807) is 0 Å². The van der Waals surface area contributed by atoms with Gasteiger partial charge in [0.1, 0.15) is 5.60 Å². The zero-order valence-corrected chi connectivity index (χ0v) is 15.4. The van der Waals surface area contributed by atoms with Crippen LogP contribution in [0.25, 0.3) is 0 Å². The first-order chi connectivity index (χ1) is 8.74. The minimum absolute atomic E-state index is 0.00794. The Morgan fingerprint density at radius 1 is 1.16 bits per heavy atom. The monoisotopic (exact) mass is 394 g/mol. The lowest BCUT2D eigenvalue weighted by Gasteiger charge is -2.53. The van der Waals surface area contributed by atoms with Gasteiger partial charge in [0, 0.05) is 10.2 Å². The van der Waals surface area contributed by atoms with E-state index >= 15 is 0 Å². The van der Waals surface area contributed by atoms with Gasteiger partial charge in [0.2, 0.25) is 0 Å². The van der Waals surface area contributed by atoms with Crippen molar-refractivity contribution in [2.24, 2.45) is 11.3 Å². The Morgan fingerprint density at radius 3 is 2.47 bits per heavy atom. The fourth-order valence-electron chi connectivity index (χ4n) is 4.34. The molecule has 0 amide bonds. The molecule has 110 valence electrons. The topological polar surface area (TPSA) is 21.8 Å². The number of rotatable bonds is 1. The number of ether oxygens (including phenoxy) is 2. The van der Waals surface area contributed by atoms with E-state index < -0.39 is 0 Å². The molecule has 0 radical (unpaired) electrons.